The molecule has 124 valence electrons. The van der Waals surface area contributed by atoms with E-state index in [1.54, 1.807) is 25.1 Å². The van der Waals surface area contributed by atoms with Crippen molar-refractivity contribution >= 4 is 27.9 Å². The van der Waals surface area contributed by atoms with Gasteiger partial charge < -0.3 is 14.8 Å². The Hall–Kier alpha value is -2.87. The standard InChI is InChI=1S/C16H15N3O4S/c1-9-8-24-16-17-7-11(15(21)19(9)16)14(20)18-12-5-4-10(22-2)6-13(12)23-3/h4-8H,1-3H3,(H,18,20). The van der Waals surface area contributed by atoms with E-state index in [-0.39, 0.29) is 5.56 Å². The van der Waals surface area contributed by atoms with Gasteiger partial charge in [0.15, 0.2) is 4.96 Å². The highest BCUT2D eigenvalue weighted by atomic mass is 32.1. The maximum atomic E-state index is 12.5. The molecular formula is C16H15N3O4S. The van der Waals surface area contributed by atoms with Gasteiger partial charge in [0.2, 0.25) is 0 Å². The summed E-state index contributed by atoms with van der Waals surface area (Å²) in [4.78, 5) is 29.7. The largest absolute Gasteiger partial charge is 0.497 e. The predicted octanol–water partition coefficient (Wildman–Crippen LogP) is 2.33. The molecule has 0 aliphatic carbocycles. The number of amides is 1. The maximum absolute atomic E-state index is 12.5. The lowest BCUT2D eigenvalue weighted by Crippen LogP contribution is -2.26. The van der Waals surface area contributed by atoms with Gasteiger partial charge in [-0.1, -0.05) is 0 Å². The van der Waals surface area contributed by atoms with E-state index >= 15 is 0 Å². The van der Waals surface area contributed by atoms with Crippen molar-refractivity contribution < 1.29 is 14.3 Å². The quantitative estimate of drug-likeness (QED) is 0.785. The zero-order chi connectivity index (χ0) is 17.3. The van der Waals surface area contributed by atoms with Gasteiger partial charge in [-0.15, -0.1) is 11.3 Å². The molecule has 0 saturated heterocycles. The number of rotatable bonds is 4. The minimum Gasteiger partial charge on any atom is -0.497 e. The number of thiazole rings is 1. The molecule has 0 aliphatic heterocycles. The summed E-state index contributed by atoms with van der Waals surface area (Å²) in [6.45, 7) is 1.79. The van der Waals surface area contributed by atoms with E-state index < -0.39 is 11.5 Å². The van der Waals surface area contributed by atoms with Gasteiger partial charge in [0.1, 0.15) is 17.1 Å². The third-order valence-electron chi connectivity index (χ3n) is 3.52. The average Bonchev–Trinajstić information content (AvgIpc) is 2.97. The number of hydrogen-bond donors (Lipinski definition) is 1. The second kappa shape index (κ2) is 6.32. The summed E-state index contributed by atoms with van der Waals surface area (Å²) in [5.41, 5.74) is 0.745. The number of fused-ring (bicyclic) bond motifs is 1. The van der Waals surface area contributed by atoms with Gasteiger partial charge in [-0.25, -0.2) is 4.98 Å². The SMILES string of the molecule is COc1ccc(NC(=O)c2cnc3scc(C)n3c2=O)c(OC)c1. The summed E-state index contributed by atoms with van der Waals surface area (Å²) in [6, 6.07) is 4.98. The fourth-order valence-electron chi connectivity index (χ4n) is 2.27. The second-order valence-corrected chi connectivity index (χ2v) is 5.83. The molecule has 0 aliphatic rings. The van der Waals surface area contributed by atoms with Crippen LogP contribution in [0.25, 0.3) is 4.96 Å². The normalized spacial score (nSPS) is 10.6. The van der Waals surface area contributed by atoms with Crippen molar-refractivity contribution in [1.82, 2.24) is 9.38 Å². The first kappa shape index (κ1) is 16.0. The number of anilines is 1. The van der Waals surface area contributed by atoms with Crippen LogP contribution in [0.3, 0.4) is 0 Å². The summed E-state index contributed by atoms with van der Waals surface area (Å²) in [6.07, 6.45) is 1.29. The van der Waals surface area contributed by atoms with Crippen LogP contribution in [0.2, 0.25) is 0 Å². The number of ether oxygens (including phenoxy) is 2. The third kappa shape index (κ3) is 2.71. The van der Waals surface area contributed by atoms with Crippen LogP contribution in [-0.4, -0.2) is 29.5 Å². The van der Waals surface area contributed by atoms with Crippen molar-refractivity contribution in [2.75, 3.05) is 19.5 Å². The summed E-state index contributed by atoms with van der Waals surface area (Å²) < 4.78 is 11.8. The molecule has 24 heavy (non-hydrogen) atoms. The van der Waals surface area contributed by atoms with E-state index in [9.17, 15) is 9.59 Å². The Balaban J connectivity index is 1.97. The smallest absolute Gasteiger partial charge is 0.271 e. The molecule has 1 amide bonds. The van der Waals surface area contributed by atoms with Crippen molar-refractivity contribution in [2.24, 2.45) is 0 Å². The number of aromatic nitrogens is 2. The molecule has 1 N–H and O–H groups in total. The van der Waals surface area contributed by atoms with E-state index in [1.165, 1.54) is 36.2 Å². The number of nitrogens with zero attached hydrogens (tertiary/aromatic N) is 2. The van der Waals surface area contributed by atoms with Gasteiger partial charge in [0, 0.05) is 23.3 Å². The van der Waals surface area contributed by atoms with E-state index in [2.05, 4.69) is 10.3 Å². The third-order valence-corrected chi connectivity index (χ3v) is 4.48. The Morgan fingerprint density at radius 3 is 2.79 bits per heavy atom. The van der Waals surface area contributed by atoms with E-state index in [1.807, 2.05) is 5.38 Å². The lowest BCUT2D eigenvalue weighted by molar-refractivity contribution is 0.102. The van der Waals surface area contributed by atoms with Gasteiger partial charge in [0.25, 0.3) is 11.5 Å². The van der Waals surface area contributed by atoms with Gasteiger partial charge in [-0.3, -0.25) is 14.0 Å². The molecule has 8 heteroatoms. The van der Waals surface area contributed by atoms with E-state index in [4.69, 9.17) is 9.47 Å². The predicted molar refractivity (Wildman–Crippen MR) is 91.6 cm³/mol. The van der Waals surface area contributed by atoms with Gasteiger partial charge in [-0.05, 0) is 19.1 Å². The molecule has 0 radical (unpaired) electrons. The first-order valence-electron chi connectivity index (χ1n) is 7.04. The van der Waals surface area contributed by atoms with E-state index in [0.29, 0.717) is 22.1 Å². The number of benzene rings is 1. The molecule has 0 atom stereocenters. The van der Waals surface area contributed by atoms with Crippen molar-refractivity contribution in [3.8, 4) is 11.5 Å². The van der Waals surface area contributed by atoms with Gasteiger partial charge >= 0.3 is 0 Å². The van der Waals surface area contributed by atoms with Crippen LogP contribution in [0.4, 0.5) is 5.69 Å². The summed E-state index contributed by atoms with van der Waals surface area (Å²) in [5, 5.41) is 4.49. The highest BCUT2D eigenvalue weighted by Crippen LogP contribution is 2.29. The topological polar surface area (TPSA) is 81.9 Å². The van der Waals surface area contributed by atoms with Crippen LogP contribution < -0.4 is 20.3 Å². The maximum Gasteiger partial charge on any atom is 0.271 e. The number of carbonyl (C=O) groups excluding carboxylic acids is 1. The summed E-state index contributed by atoms with van der Waals surface area (Å²) >= 11 is 1.35. The lowest BCUT2D eigenvalue weighted by Gasteiger charge is -2.11. The van der Waals surface area contributed by atoms with Crippen molar-refractivity contribution in [3.05, 3.63) is 51.4 Å². The minimum atomic E-state index is -0.545. The van der Waals surface area contributed by atoms with Crippen LogP contribution >= 0.6 is 11.3 Å². The molecule has 2 heterocycles. The highest BCUT2D eigenvalue weighted by Gasteiger charge is 2.17. The van der Waals surface area contributed by atoms with E-state index in [0.717, 1.165) is 5.69 Å². The molecule has 0 bridgehead atoms. The van der Waals surface area contributed by atoms with Crippen molar-refractivity contribution in [1.29, 1.82) is 0 Å². The molecule has 2 aromatic heterocycles. The highest BCUT2D eigenvalue weighted by molar-refractivity contribution is 7.15. The Morgan fingerprint density at radius 1 is 1.29 bits per heavy atom. The molecule has 0 spiro atoms. The van der Waals surface area contributed by atoms with Gasteiger partial charge in [-0.2, -0.15) is 0 Å². The Kier molecular flexibility index (Phi) is 4.22. The number of methoxy groups -OCH3 is 2. The molecule has 7 nitrogen and oxygen atoms in total. The van der Waals surface area contributed by atoms with Crippen LogP contribution in [0.1, 0.15) is 16.1 Å². The molecule has 1 aromatic carbocycles. The van der Waals surface area contributed by atoms with Crippen LogP contribution in [0, 0.1) is 6.92 Å². The first-order chi connectivity index (χ1) is 11.5. The molecular weight excluding hydrogens is 330 g/mol. The van der Waals surface area contributed by atoms with Crippen LogP contribution in [0.15, 0.2) is 34.6 Å². The van der Waals surface area contributed by atoms with Gasteiger partial charge in [0.05, 0.1) is 19.9 Å². The average molecular weight is 345 g/mol. The fourth-order valence-corrected chi connectivity index (χ4v) is 3.10. The summed E-state index contributed by atoms with van der Waals surface area (Å²) in [7, 11) is 3.03. The molecule has 0 saturated carbocycles. The summed E-state index contributed by atoms with van der Waals surface area (Å²) in [5.74, 6) is 0.487. The van der Waals surface area contributed by atoms with Crippen molar-refractivity contribution in [2.45, 2.75) is 6.92 Å². The lowest BCUT2D eigenvalue weighted by atomic mass is 10.2. The fraction of sp³-hybridized carbons (Fsp3) is 0.188. The number of carbonyl (C=O) groups is 1. The number of nitrogens with one attached hydrogen (secondary N) is 1. The number of aryl methyl sites for hydroxylation is 1. The minimum absolute atomic E-state index is 0.0353. The van der Waals surface area contributed by atoms with Crippen LogP contribution in [-0.2, 0) is 0 Å². The molecule has 3 rings (SSSR count). The second-order valence-electron chi connectivity index (χ2n) is 4.99. The Morgan fingerprint density at radius 2 is 2.08 bits per heavy atom. The Bertz CT molecular complexity index is 977. The number of hydrogen-bond acceptors (Lipinski definition) is 6. The molecule has 0 unspecified atom stereocenters. The monoisotopic (exact) mass is 345 g/mol. The molecule has 3 aromatic rings. The first-order valence-corrected chi connectivity index (χ1v) is 7.92. The zero-order valence-corrected chi connectivity index (χ0v) is 14.1. The molecule has 0 fully saturated rings. The van der Waals surface area contributed by atoms with Crippen molar-refractivity contribution in [3.63, 3.8) is 0 Å². The Labute approximate surface area is 141 Å². The zero-order valence-electron chi connectivity index (χ0n) is 13.3. The van der Waals surface area contributed by atoms with Crippen LogP contribution in [0.5, 0.6) is 11.5 Å².